The van der Waals surface area contributed by atoms with E-state index in [1.54, 1.807) is 0 Å². The van der Waals surface area contributed by atoms with Crippen molar-refractivity contribution in [1.82, 2.24) is 14.8 Å². The molecule has 0 atom stereocenters. The Balaban J connectivity index is 4.38. The molecular formula is C10H26ClN3Si. The topological polar surface area (TPSA) is 18.5 Å². The number of hydrogen-bond donors (Lipinski definition) is 1. The Kier molecular flexibility index (Phi) is 9.85. The van der Waals surface area contributed by atoms with Gasteiger partial charge in [-0.25, -0.2) is 0 Å². The molecule has 15 heavy (non-hydrogen) atoms. The van der Waals surface area contributed by atoms with E-state index < -0.39 is 8.99 Å². The number of rotatable bonds is 9. The monoisotopic (exact) mass is 251 g/mol. The fourth-order valence-corrected chi connectivity index (χ4v) is 2.66. The van der Waals surface area contributed by atoms with Gasteiger partial charge in [0.2, 0.25) is 0 Å². The highest BCUT2D eigenvalue weighted by Gasteiger charge is 2.20. The highest BCUT2D eigenvalue weighted by molar-refractivity contribution is 6.92. The van der Waals surface area contributed by atoms with Gasteiger partial charge in [-0.2, -0.15) is 11.1 Å². The van der Waals surface area contributed by atoms with Gasteiger partial charge in [0.15, 0.2) is 8.99 Å². The SMILES string of the molecule is CCN(CC)C(CN[SiH2]Cl)N(CC)CC. The lowest BCUT2D eigenvalue weighted by Gasteiger charge is -2.38. The summed E-state index contributed by atoms with van der Waals surface area (Å²) in [5, 5.41) is 0. The van der Waals surface area contributed by atoms with Gasteiger partial charge in [0.1, 0.15) is 0 Å². The molecule has 0 aliphatic rings. The maximum Gasteiger partial charge on any atom is 0.195 e. The summed E-state index contributed by atoms with van der Waals surface area (Å²) in [7, 11) is -0.554. The molecule has 0 aromatic rings. The Labute approximate surface area is 102 Å². The maximum atomic E-state index is 5.82. The van der Waals surface area contributed by atoms with Crippen LogP contribution in [0.1, 0.15) is 27.7 Å². The third-order valence-electron chi connectivity index (χ3n) is 2.89. The summed E-state index contributed by atoms with van der Waals surface area (Å²) >= 11 is 5.82. The first kappa shape index (κ1) is 15.4. The molecule has 0 spiro atoms. The molecule has 0 bridgehead atoms. The summed E-state index contributed by atoms with van der Waals surface area (Å²) in [4.78, 5) is 8.34. The molecule has 0 saturated heterocycles. The number of likely N-dealkylation sites (N-methyl/N-ethyl adjacent to an activating group) is 2. The van der Waals surface area contributed by atoms with Gasteiger partial charge >= 0.3 is 0 Å². The molecule has 0 heterocycles. The van der Waals surface area contributed by atoms with Crippen LogP contribution in [0.5, 0.6) is 0 Å². The Morgan fingerprint density at radius 1 is 1.00 bits per heavy atom. The molecule has 92 valence electrons. The first-order valence-electron chi connectivity index (χ1n) is 5.99. The highest BCUT2D eigenvalue weighted by atomic mass is 35.6. The minimum absolute atomic E-state index is 0.501. The van der Waals surface area contributed by atoms with Gasteiger partial charge in [0.25, 0.3) is 0 Å². The molecule has 0 amide bonds. The second kappa shape index (κ2) is 9.60. The van der Waals surface area contributed by atoms with Crippen LogP contribution in [0, 0.1) is 0 Å². The Hall–Kier alpha value is 0.387. The van der Waals surface area contributed by atoms with Gasteiger partial charge in [-0.3, -0.25) is 9.80 Å². The Morgan fingerprint density at radius 2 is 1.40 bits per heavy atom. The van der Waals surface area contributed by atoms with Gasteiger partial charge in [-0.1, -0.05) is 27.7 Å². The van der Waals surface area contributed by atoms with E-state index in [0.29, 0.717) is 6.17 Å². The van der Waals surface area contributed by atoms with Crippen molar-refractivity contribution < 1.29 is 0 Å². The largest absolute Gasteiger partial charge is 0.328 e. The minimum Gasteiger partial charge on any atom is -0.328 e. The van der Waals surface area contributed by atoms with Gasteiger partial charge in [-0.15, -0.1) is 0 Å². The van der Waals surface area contributed by atoms with Gasteiger partial charge < -0.3 is 4.98 Å². The van der Waals surface area contributed by atoms with Crippen LogP contribution in [-0.4, -0.2) is 57.7 Å². The average molecular weight is 252 g/mol. The summed E-state index contributed by atoms with van der Waals surface area (Å²) in [6, 6.07) is 0. The summed E-state index contributed by atoms with van der Waals surface area (Å²) in [5.41, 5.74) is 0. The van der Waals surface area contributed by atoms with E-state index >= 15 is 0 Å². The minimum atomic E-state index is -0.554. The van der Waals surface area contributed by atoms with Crippen molar-refractivity contribution in [1.29, 1.82) is 0 Å². The molecule has 0 fully saturated rings. The van der Waals surface area contributed by atoms with E-state index in [1.165, 1.54) is 0 Å². The summed E-state index contributed by atoms with van der Waals surface area (Å²) in [5.74, 6) is 0. The van der Waals surface area contributed by atoms with Gasteiger partial charge in [0, 0.05) is 6.54 Å². The van der Waals surface area contributed by atoms with E-state index in [1.807, 2.05) is 0 Å². The lowest BCUT2D eigenvalue weighted by Crippen LogP contribution is -2.53. The zero-order valence-electron chi connectivity index (χ0n) is 10.6. The smallest absolute Gasteiger partial charge is 0.195 e. The van der Waals surface area contributed by atoms with Crippen LogP contribution in [0.25, 0.3) is 0 Å². The first-order chi connectivity index (χ1) is 7.24. The van der Waals surface area contributed by atoms with Crippen molar-refractivity contribution in [2.45, 2.75) is 33.9 Å². The Bertz CT molecular complexity index is 129. The highest BCUT2D eigenvalue weighted by Crippen LogP contribution is 2.05. The van der Waals surface area contributed by atoms with Crippen molar-refractivity contribution in [3.8, 4) is 0 Å². The zero-order chi connectivity index (χ0) is 11.7. The number of halogens is 1. The van der Waals surface area contributed by atoms with E-state index in [2.05, 4.69) is 42.5 Å². The second-order valence-corrected chi connectivity index (χ2v) is 5.08. The molecule has 0 radical (unpaired) electrons. The van der Waals surface area contributed by atoms with Gasteiger partial charge in [-0.05, 0) is 26.2 Å². The molecule has 0 saturated carbocycles. The molecule has 1 N–H and O–H groups in total. The molecule has 0 aromatic carbocycles. The first-order valence-corrected chi connectivity index (χ1v) is 8.84. The van der Waals surface area contributed by atoms with Crippen molar-refractivity contribution in [3.05, 3.63) is 0 Å². The van der Waals surface area contributed by atoms with Crippen molar-refractivity contribution in [2.75, 3.05) is 32.7 Å². The molecule has 5 heteroatoms. The van der Waals surface area contributed by atoms with Crippen LogP contribution < -0.4 is 4.98 Å². The van der Waals surface area contributed by atoms with Crippen LogP contribution in [0.4, 0.5) is 0 Å². The fourth-order valence-electron chi connectivity index (χ4n) is 1.96. The molecule has 0 unspecified atom stereocenters. The van der Waals surface area contributed by atoms with Crippen LogP contribution >= 0.6 is 11.1 Å². The third-order valence-corrected chi connectivity index (χ3v) is 3.93. The van der Waals surface area contributed by atoms with E-state index in [4.69, 9.17) is 11.1 Å². The number of nitrogens with one attached hydrogen (secondary N) is 1. The van der Waals surface area contributed by atoms with Crippen molar-refractivity contribution in [2.24, 2.45) is 0 Å². The maximum absolute atomic E-state index is 5.82. The lowest BCUT2D eigenvalue weighted by molar-refractivity contribution is 0.0606. The van der Waals surface area contributed by atoms with Crippen LogP contribution in [0.15, 0.2) is 0 Å². The van der Waals surface area contributed by atoms with Crippen molar-refractivity contribution in [3.63, 3.8) is 0 Å². The van der Waals surface area contributed by atoms with Crippen LogP contribution in [0.2, 0.25) is 0 Å². The van der Waals surface area contributed by atoms with E-state index in [-0.39, 0.29) is 0 Å². The molecule has 0 rings (SSSR count). The van der Waals surface area contributed by atoms with Crippen LogP contribution in [0.3, 0.4) is 0 Å². The van der Waals surface area contributed by atoms with E-state index in [9.17, 15) is 0 Å². The lowest BCUT2D eigenvalue weighted by atomic mass is 10.3. The predicted octanol–water partition coefficient (Wildman–Crippen LogP) is 0.823. The van der Waals surface area contributed by atoms with Crippen molar-refractivity contribution >= 4 is 20.1 Å². The average Bonchev–Trinajstić information content (AvgIpc) is 2.28. The molecule has 0 aliphatic carbocycles. The number of nitrogens with zero attached hydrogens (tertiary/aromatic N) is 2. The van der Waals surface area contributed by atoms with E-state index in [0.717, 1.165) is 32.7 Å². The summed E-state index contributed by atoms with van der Waals surface area (Å²) in [6.45, 7) is 14.3. The van der Waals surface area contributed by atoms with Gasteiger partial charge in [0.05, 0.1) is 6.17 Å². The molecule has 3 nitrogen and oxygen atoms in total. The predicted molar refractivity (Wildman–Crippen MR) is 72.0 cm³/mol. The third kappa shape index (κ3) is 5.31. The standard InChI is InChI=1S/C10H26ClN3Si/c1-5-13(6-2)10(9-12-15-11)14(7-3)8-4/h10,12H,5-9,15H2,1-4H3. The normalized spacial score (nSPS) is 12.8. The quantitative estimate of drug-likeness (QED) is 0.372. The Morgan fingerprint density at radius 3 is 1.67 bits per heavy atom. The fraction of sp³-hybridized carbons (Fsp3) is 1.00. The second-order valence-electron chi connectivity index (χ2n) is 3.51. The number of hydrogen-bond acceptors (Lipinski definition) is 3. The summed E-state index contributed by atoms with van der Waals surface area (Å²) < 4.78 is 0. The summed E-state index contributed by atoms with van der Waals surface area (Å²) in [6.07, 6.45) is 0.501. The molecule has 0 aliphatic heterocycles. The molecular weight excluding hydrogens is 226 g/mol. The molecule has 0 aromatic heterocycles. The zero-order valence-corrected chi connectivity index (χ0v) is 12.8. The van der Waals surface area contributed by atoms with Crippen LogP contribution in [-0.2, 0) is 0 Å².